The largest absolute Gasteiger partial charge is 0.490 e. The smallest absolute Gasteiger partial charge is 0.123 e. The van der Waals surface area contributed by atoms with E-state index in [0.717, 1.165) is 18.1 Å². The van der Waals surface area contributed by atoms with E-state index in [0.29, 0.717) is 12.6 Å². The van der Waals surface area contributed by atoms with E-state index in [1.165, 1.54) is 42.0 Å². The van der Waals surface area contributed by atoms with Crippen LogP contribution in [0.5, 0.6) is 5.75 Å². The van der Waals surface area contributed by atoms with Crippen molar-refractivity contribution in [3.63, 3.8) is 0 Å². The van der Waals surface area contributed by atoms with Crippen molar-refractivity contribution in [2.24, 2.45) is 11.7 Å². The van der Waals surface area contributed by atoms with Crippen molar-refractivity contribution < 1.29 is 4.74 Å². The van der Waals surface area contributed by atoms with Gasteiger partial charge in [-0.2, -0.15) is 0 Å². The lowest BCUT2D eigenvalue weighted by molar-refractivity contribution is 0.134. The van der Waals surface area contributed by atoms with E-state index in [1.54, 1.807) is 0 Å². The Balaban J connectivity index is 1.88. The van der Waals surface area contributed by atoms with Gasteiger partial charge < -0.3 is 10.5 Å². The summed E-state index contributed by atoms with van der Waals surface area (Å²) >= 11 is 0. The Morgan fingerprint density at radius 2 is 1.81 bits per heavy atom. The van der Waals surface area contributed by atoms with Gasteiger partial charge in [0.15, 0.2) is 0 Å². The summed E-state index contributed by atoms with van der Waals surface area (Å²) in [5, 5.41) is 2.55. The summed E-state index contributed by atoms with van der Waals surface area (Å²) in [5.41, 5.74) is 7.09. The maximum absolute atomic E-state index is 6.34. The Labute approximate surface area is 127 Å². The van der Waals surface area contributed by atoms with Crippen LogP contribution in [0.2, 0.25) is 0 Å². The third-order valence-corrected chi connectivity index (χ3v) is 4.65. The van der Waals surface area contributed by atoms with Crippen molar-refractivity contribution in [3.8, 4) is 5.75 Å². The normalized spacial score (nSPS) is 22.4. The molecule has 1 saturated carbocycles. The lowest BCUT2D eigenvalue weighted by atomic mass is 9.89. The molecule has 0 atom stereocenters. The first kappa shape index (κ1) is 14.4. The molecule has 112 valence electrons. The van der Waals surface area contributed by atoms with Gasteiger partial charge in [-0.3, -0.25) is 0 Å². The Morgan fingerprint density at radius 3 is 2.57 bits per heavy atom. The third kappa shape index (κ3) is 3.21. The van der Waals surface area contributed by atoms with Crippen molar-refractivity contribution in [1.29, 1.82) is 0 Å². The molecule has 0 amide bonds. The first-order valence-electron chi connectivity index (χ1n) is 8.15. The van der Waals surface area contributed by atoms with Crippen LogP contribution >= 0.6 is 0 Å². The molecule has 0 radical (unpaired) electrons. The van der Waals surface area contributed by atoms with Gasteiger partial charge in [0.2, 0.25) is 0 Å². The van der Waals surface area contributed by atoms with Gasteiger partial charge in [-0.25, -0.2) is 0 Å². The molecule has 0 unspecified atom stereocenters. The van der Waals surface area contributed by atoms with E-state index in [-0.39, 0.29) is 0 Å². The fourth-order valence-corrected chi connectivity index (χ4v) is 3.36. The van der Waals surface area contributed by atoms with Crippen LogP contribution in [0.15, 0.2) is 36.4 Å². The molecule has 21 heavy (non-hydrogen) atoms. The van der Waals surface area contributed by atoms with E-state index in [1.807, 2.05) is 0 Å². The summed E-state index contributed by atoms with van der Waals surface area (Å²) in [6.07, 6.45) is 6.17. The molecule has 3 rings (SSSR count). The van der Waals surface area contributed by atoms with Gasteiger partial charge in [0, 0.05) is 5.56 Å². The molecule has 0 aromatic heterocycles. The van der Waals surface area contributed by atoms with Crippen molar-refractivity contribution in [2.75, 3.05) is 6.54 Å². The van der Waals surface area contributed by atoms with Crippen LogP contribution in [0.1, 0.15) is 38.2 Å². The van der Waals surface area contributed by atoms with Crippen LogP contribution in [-0.4, -0.2) is 12.6 Å². The molecule has 2 N–H and O–H groups in total. The maximum atomic E-state index is 6.34. The Kier molecular flexibility index (Phi) is 4.45. The fourth-order valence-electron chi connectivity index (χ4n) is 3.36. The minimum absolute atomic E-state index is 0.374. The van der Waals surface area contributed by atoms with E-state index < -0.39 is 0 Å². The molecule has 2 aromatic rings. The van der Waals surface area contributed by atoms with Gasteiger partial charge in [-0.15, -0.1) is 0 Å². The number of rotatable bonds is 4. The molecule has 0 saturated heterocycles. The molecule has 1 fully saturated rings. The number of benzene rings is 2. The number of hydrogen-bond donors (Lipinski definition) is 1. The van der Waals surface area contributed by atoms with Crippen LogP contribution in [0.3, 0.4) is 0 Å². The highest BCUT2D eigenvalue weighted by Crippen LogP contribution is 2.32. The highest BCUT2D eigenvalue weighted by Gasteiger charge is 2.20. The van der Waals surface area contributed by atoms with Crippen LogP contribution in [0.25, 0.3) is 10.8 Å². The maximum Gasteiger partial charge on any atom is 0.123 e. The van der Waals surface area contributed by atoms with Gasteiger partial charge in [-0.05, 0) is 61.4 Å². The van der Waals surface area contributed by atoms with Gasteiger partial charge in [0.1, 0.15) is 5.75 Å². The molecular weight excluding hydrogens is 258 g/mol. The molecule has 0 spiro atoms. The topological polar surface area (TPSA) is 35.2 Å². The van der Waals surface area contributed by atoms with E-state index >= 15 is 0 Å². The minimum atomic E-state index is 0.374. The zero-order valence-electron chi connectivity index (χ0n) is 12.8. The number of hydrogen-bond acceptors (Lipinski definition) is 2. The number of fused-ring (bicyclic) bond motifs is 1. The third-order valence-electron chi connectivity index (χ3n) is 4.65. The standard InChI is InChI=1S/C19H25NO/c1-14-6-9-16(10-7-14)21-19-11-8-15-4-2-3-5-17(15)18(19)12-13-20/h2-5,8,11,14,16H,6-7,9-10,12-13,20H2,1H3. The summed E-state index contributed by atoms with van der Waals surface area (Å²) in [5.74, 6) is 1.89. The Bertz CT molecular complexity index is 600. The van der Waals surface area contributed by atoms with Crippen molar-refractivity contribution in [3.05, 3.63) is 42.0 Å². The zero-order valence-corrected chi connectivity index (χ0v) is 12.8. The molecule has 0 heterocycles. The van der Waals surface area contributed by atoms with Crippen molar-refractivity contribution >= 4 is 10.8 Å². The SMILES string of the molecule is CC1CCC(Oc2ccc3ccccc3c2CCN)CC1. The fraction of sp³-hybridized carbons (Fsp3) is 0.474. The quantitative estimate of drug-likeness (QED) is 0.908. The van der Waals surface area contributed by atoms with Gasteiger partial charge in [0.25, 0.3) is 0 Å². The lowest BCUT2D eigenvalue weighted by Gasteiger charge is -2.28. The summed E-state index contributed by atoms with van der Waals surface area (Å²) < 4.78 is 6.34. The summed E-state index contributed by atoms with van der Waals surface area (Å²) in [6, 6.07) is 12.8. The van der Waals surface area contributed by atoms with Crippen molar-refractivity contribution in [2.45, 2.75) is 45.1 Å². The molecular formula is C19H25NO. The van der Waals surface area contributed by atoms with Gasteiger partial charge in [0.05, 0.1) is 6.10 Å². The highest BCUT2D eigenvalue weighted by atomic mass is 16.5. The summed E-state index contributed by atoms with van der Waals surface area (Å²) in [7, 11) is 0. The van der Waals surface area contributed by atoms with E-state index in [2.05, 4.69) is 43.3 Å². The van der Waals surface area contributed by atoms with Crippen molar-refractivity contribution in [1.82, 2.24) is 0 Å². The lowest BCUT2D eigenvalue weighted by Crippen LogP contribution is -2.23. The van der Waals surface area contributed by atoms with Crippen LogP contribution in [0.4, 0.5) is 0 Å². The van der Waals surface area contributed by atoms with Gasteiger partial charge >= 0.3 is 0 Å². The predicted octanol–water partition coefficient (Wildman–Crippen LogP) is 4.30. The molecule has 2 heteroatoms. The molecule has 1 aliphatic rings. The summed E-state index contributed by atoms with van der Waals surface area (Å²) in [6.45, 7) is 3.00. The summed E-state index contributed by atoms with van der Waals surface area (Å²) in [4.78, 5) is 0. The Hall–Kier alpha value is -1.54. The molecule has 0 bridgehead atoms. The first-order valence-corrected chi connectivity index (χ1v) is 8.15. The van der Waals surface area contributed by atoms with Crippen LogP contribution in [-0.2, 0) is 6.42 Å². The Morgan fingerprint density at radius 1 is 1.05 bits per heavy atom. The number of ether oxygens (including phenoxy) is 1. The van der Waals surface area contributed by atoms with E-state index in [9.17, 15) is 0 Å². The average Bonchev–Trinajstić information content (AvgIpc) is 2.52. The minimum Gasteiger partial charge on any atom is -0.490 e. The highest BCUT2D eigenvalue weighted by molar-refractivity contribution is 5.87. The second-order valence-corrected chi connectivity index (χ2v) is 6.30. The van der Waals surface area contributed by atoms with Gasteiger partial charge in [-0.1, -0.05) is 37.3 Å². The molecule has 0 aliphatic heterocycles. The van der Waals surface area contributed by atoms with Crippen LogP contribution < -0.4 is 10.5 Å². The first-order chi connectivity index (χ1) is 10.3. The second-order valence-electron chi connectivity index (χ2n) is 6.30. The number of nitrogens with two attached hydrogens (primary N) is 1. The zero-order chi connectivity index (χ0) is 14.7. The second kappa shape index (κ2) is 6.48. The molecule has 2 nitrogen and oxygen atoms in total. The molecule has 2 aromatic carbocycles. The predicted molar refractivity (Wildman–Crippen MR) is 88.8 cm³/mol. The monoisotopic (exact) mass is 283 g/mol. The molecule has 1 aliphatic carbocycles. The van der Waals surface area contributed by atoms with E-state index in [4.69, 9.17) is 10.5 Å². The van der Waals surface area contributed by atoms with Crippen LogP contribution in [0, 0.1) is 5.92 Å². The average molecular weight is 283 g/mol.